The van der Waals surface area contributed by atoms with Crippen LogP contribution in [0.25, 0.3) is 0 Å². The predicted molar refractivity (Wildman–Crippen MR) is 90.8 cm³/mol. The molecule has 122 valence electrons. The highest BCUT2D eigenvalue weighted by atomic mass is 32.2. The Morgan fingerprint density at radius 1 is 1.09 bits per heavy atom. The lowest BCUT2D eigenvalue weighted by molar-refractivity contribution is 0.567. The van der Waals surface area contributed by atoms with E-state index < -0.39 is 10.0 Å². The number of hydrogen-bond acceptors (Lipinski definition) is 3. The van der Waals surface area contributed by atoms with Crippen LogP contribution in [0.15, 0.2) is 53.7 Å². The molecule has 0 spiro atoms. The first-order valence-electron chi connectivity index (χ1n) is 8.05. The third-order valence-corrected chi connectivity index (χ3v) is 5.94. The second kappa shape index (κ2) is 6.42. The van der Waals surface area contributed by atoms with E-state index in [1.807, 2.05) is 24.3 Å². The van der Waals surface area contributed by atoms with E-state index in [4.69, 9.17) is 0 Å². The van der Waals surface area contributed by atoms with Crippen molar-refractivity contribution < 1.29 is 8.42 Å². The first-order valence-corrected chi connectivity index (χ1v) is 9.53. The predicted octanol–water partition coefficient (Wildman–Crippen LogP) is 3.04. The number of hydrogen-bond donors (Lipinski definition) is 1. The second-order valence-electron chi connectivity index (χ2n) is 6.23. The van der Waals surface area contributed by atoms with Crippen molar-refractivity contribution in [2.24, 2.45) is 0 Å². The van der Waals surface area contributed by atoms with E-state index in [1.54, 1.807) is 24.5 Å². The molecule has 1 heterocycles. The molecule has 0 amide bonds. The summed E-state index contributed by atoms with van der Waals surface area (Å²) in [6.07, 6.45) is 7.56. The summed E-state index contributed by atoms with van der Waals surface area (Å²) < 4.78 is 27.7. The molecule has 2 aromatic rings. The lowest BCUT2D eigenvalue weighted by atomic mass is 9.98. The molecule has 1 aromatic heterocycles. The van der Waals surface area contributed by atoms with Gasteiger partial charge in [0.05, 0.1) is 4.90 Å². The van der Waals surface area contributed by atoms with Crippen molar-refractivity contribution in [1.29, 1.82) is 0 Å². The molecule has 1 aromatic carbocycles. The van der Waals surface area contributed by atoms with Gasteiger partial charge in [-0.15, -0.1) is 0 Å². The van der Waals surface area contributed by atoms with Gasteiger partial charge in [0.2, 0.25) is 10.0 Å². The van der Waals surface area contributed by atoms with Gasteiger partial charge in [0.1, 0.15) is 0 Å². The first-order chi connectivity index (χ1) is 11.1. The van der Waals surface area contributed by atoms with Gasteiger partial charge in [-0.2, -0.15) is 0 Å². The molecule has 1 saturated carbocycles. The summed E-state index contributed by atoms with van der Waals surface area (Å²) in [5, 5.41) is 0. The van der Waals surface area contributed by atoms with Crippen LogP contribution in [-0.2, 0) is 21.9 Å². The van der Waals surface area contributed by atoms with Crippen molar-refractivity contribution in [1.82, 2.24) is 9.71 Å². The Morgan fingerprint density at radius 3 is 2.30 bits per heavy atom. The minimum absolute atomic E-state index is 0.0574. The zero-order valence-electron chi connectivity index (χ0n) is 13.3. The van der Waals surface area contributed by atoms with Gasteiger partial charge in [0, 0.05) is 24.4 Å². The number of aromatic nitrogens is 1. The quantitative estimate of drug-likeness (QED) is 0.849. The van der Waals surface area contributed by atoms with Crippen molar-refractivity contribution in [3.63, 3.8) is 0 Å². The monoisotopic (exact) mass is 330 g/mol. The van der Waals surface area contributed by atoms with Crippen LogP contribution in [-0.4, -0.2) is 19.9 Å². The van der Waals surface area contributed by atoms with Gasteiger partial charge in [-0.25, -0.2) is 13.1 Å². The van der Waals surface area contributed by atoms with Crippen LogP contribution in [0.3, 0.4) is 0 Å². The number of benzene rings is 1. The van der Waals surface area contributed by atoms with Crippen LogP contribution in [0.5, 0.6) is 0 Å². The SMILES string of the molecule is CCCc1ccc(S(=O)(=O)NCC2(c3ccncc3)CC2)cc1. The number of aryl methyl sites for hydroxylation is 1. The Balaban J connectivity index is 1.70. The number of sulfonamides is 1. The molecular formula is C18H22N2O2S. The van der Waals surface area contributed by atoms with Crippen molar-refractivity contribution >= 4 is 10.0 Å². The minimum Gasteiger partial charge on any atom is -0.265 e. The van der Waals surface area contributed by atoms with Crippen LogP contribution in [0.4, 0.5) is 0 Å². The third-order valence-electron chi connectivity index (χ3n) is 4.52. The summed E-state index contributed by atoms with van der Waals surface area (Å²) in [4.78, 5) is 4.36. The molecule has 0 bridgehead atoms. The fraction of sp³-hybridized carbons (Fsp3) is 0.389. The fourth-order valence-electron chi connectivity index (χ4n) is 2.86. The van der Waals surface area contributed by atoms with Crippen molar-refractivity contribution in [2.75, 3.05) is 6.54 Å². The largest absolute Gasteiger partial charge is 0.265 e. The average Bonchev–Trinajstić information content (AvgIpc) is 3.36. The van der Waals surface area contributed by atoms with E-state index in [0.717, 1.165) is 31.2 Å². The average molecular weight is 330 g/mol. The highest BCUT2D eigenvalue weighted by Gasteiger charge is 2.44. The Morgan fingerprint density at radius 2 is 1.74 bits per heavy atom. The van der Waals surface area contributed by atoms with Gasteiger partial charge in [0.25, 0.3) is 0 Å². The molecule has 0 atom stereocenters. The summed E-state index contributed by atoms with van der Waals surface area (Å²) in [5.41, 5.74) is 2.27. The van der Waals surface area contributed by atoms with E-state index in [0.29, 0.717) is 11.4 Å². The normalized spacial score (nSPS) is 16.2. The van der Waals surface area contributed by atoms with Crippen LogP contribution in [0, 0.1) is 0 Å². The number of nitrogens with one attached hydrogen (secondary N) is 1. The molecule has 1 aliphatic rings. The molecule has 3 rings (SSSR count). The van der Waals surface area contributed by atoms with Crippen molar-refractivity contribution in [2.45, 2.75) is 42.9 Å². The maximum atomic E-state index is 12.5. The first kappa shape index (κ1) is 16.1. The molecule has 0 radical (unpaired) electrons. The summed E-state index contributed by atoms with van der Waals surface area (Å²) in [6.45, 7) is 2.55. The van der Waals surface area contributed by atoms with Crippen molar-refractivity contribution in [3.05, 3.63) is 59.9 Å². The topological polar surface area (TPSA) is 59.1 Å². The number of rotatable bonds is 7. The molecule has 23 heavy (non-hydrogen) atoms. The molecule has 1 fully saturated rings. The molecule has 1 N–H and O–H groups in total. The lowest BCUT2D eigenvalue weighted by Gasteiger charge is -2.16. The summed E-state index contributed by atoms with van der Waals surface area (Å²) >= 11 is 0. The molecule has 5 heteroatoms. The van der Waals surface area contributed by atoms with E-state index in [2.05, 4.69) is 16.6 Å². The van der Waals surface area contributed by atoms with Crippen LogP contribution >= 0.6 is 0 Å². The third kappa shape index (κ3) is 3.62. The van der Waals surface area contributed by atoms with Gasteiger partial charge in [-0.3, -0.25) is 4.98 Å². The molecule has 0 saturated heterocycles. The number of pyridine rings is 1. The van der Waals surface area contributed by atoms with E-state index in [1.165, 1.54) is 5.56 Å². The fourth-order valence-corrected chi connectivity index (χ4v) is 3.99. The maximum absolute atomic E-state index is 12.5. The maximum Gasteiger partial charge on any atom is 0.240 e. The van der Waals surface area contributed by atoms with Crippen LogP contribution in [0.1, 0.15) is 37.3 Å². The zero-order chi connectivity index (χ0) is 16.3. The van der Waals surface area contributed by atoms with E-state index >= 15 is 0 Å². The highest BCUT2D eigenvalue weighted by molar-refractivity contribution is 7.89. The Labute approximate surface area is 138 Å². The van der Waals surface area contributed by atoms with E-state index in [9.17, 15) is 8.42 Å². The minimum atomic E-state index is -3.46. The molecule has 0 aliphatic heterocycles. The summed E-state index contributed by atoms with van der Waals surface area (Å²) in [7, 11) is -3.46. The second-order valence-corrected chi connectivity index (χ2v) is 8.00. The summed E-state index contributed by atoms with van der Waals surface area (Å²) in [5.74, 6) is 0. The van der Waals surface area contributed by atoms with E-state index in [-0.39, 0.29) is 5.41 Å². The van der Waals surface area contributed by atoms with Crippen molar-refractivity contribution in [3.8, 4) is 0 Å². The number of nitrogens with zero attached hydrogens (tertiary/aromatic N) is 1. The summed E-state index contributed by atoms with van der Waals surface area (Å²) in [6, 6.07) is 11.1. The molecule has 4 nitrogen and oxygen atoms in total. The Hall–Kier alpha value is -1.72. The molecule has 1 aliphatic carbocycles. The Kier molecular flexibility index (Phi) is 4.50. The van der Waals surface area contributed by atoms with Gasteiger partial charge >= 0.3 is 0 Å². The zero-order valence-corrected chi connectivity index (χ0v) is 14.1. The molecular weight excluding hydrogens is 308 g/mol. The molecule has 0 unspecified atom stereocenters. The smallest absolute Gasteiger partial charge is 0.240 e. The van der Waals surface area contributed by atoms with Gasteiger partial charge in [0.15, 0.2) is 0 Å². The highest BCUT2D eigenvalue weighted by Crippen LogP contribution is 2.47. The lowest BCUT2D eigenvalue weighted by Crippen LogP contribution is -2.32. The van der Waals surface area contributed by atoms with Gasteiger partial charge < -0.3 is 0 Å². The Bertz CT molecular complexity index is 751. The van der Waals surface area contributed by atoms with Gasteiger partial charge in [-0.1, -0.05) is 25.5 Å². The van der Waals surface area contributed by atoms with Gasteiger partial charge in [-0.05, 0) is 54.7 Å². The van der Waals surface area contributed by atoms with Crippen LogP contribution in [0.2, 0.25) is 0 Å². The van der Waals surface area contributed by atoms with Crippen LogP contribution < -0.4 is 4.72 Å². The standard InChI is InChI=1S/C18H22N2O2S/c1-2-3-15-4-6-17(7-5-15)23(21,22)20-14-18(10-11-18)16-8-12-19-13-9-16/h4-9,12-13,20H,2-3,10-11,14H2,1H3.